The molecule has 0 amide bonds. The van der Waals surface area contributed by atoms with Gasteiger partial charge in [-0.1, -0.05) is 63.7 Å². The van der Waals surface area contributed by atoms with Gasteiger partial charge in [0.25, 0.3) is 0 Å². The Bertz CT molecular complexity index is 574. The lowest BCUT2D eigenvalue weighted by Crippen LogP contribution is -2.07. The van der Waals surface area contributed by atoms with E-state index in [-0.39, 0.29) is 5.41 Å². The second-order valence-corrected chi connectivity index (χ2v) is 5.41. The number of aromatic hydroxyl groups is 1. The molecule has 0 saturated carbocycles. The van der Waals surface area contributed by atoms with Crippen molar-refractivity contribution in [3.8, 4) is 5.75 Å². The van der Waals surface area contributed by atoms with Crippen LogP contribution >= 0.6 is 0 Å². The summed E-state index contributed by atoms with van der Waals surface area (Å²) < 4.78 is 0. The number of phenols is 1. The second-order valence-electron chi connectivity index (χ2n) is 5.41. The van der Waals surface area contributed by atoms with E-state index < -0.39 is 0 Å². The quantitative estimate of drug-likeness (QED) is 0.753. The number of hydrogen-bond donors (Lipinski definition) is 1. The number of phenolic OH excluding ortho intramolecular Hbond substituents is 1. The zero-order valence-electron chi connectivity index (χ0n) is 10.6. The van der Waals surface area contributed by atoms with Crippen molar-refractivity contribution in [3.63, 3.8) is 0 Å². The second kappa shape index (κ2) is 3.92. The van der Waals surface area contributed by atoms with Gasteiger partial charge in [-0.15, -0.1) is 0 Å². The summed E-state index contributed by atoms with van der Waals surface area (Å²) in [5.74, 6) is 0.336. The van der Waals surface area contributed by atoms with Crippen LogP contribution in [-0.4, -0.2) is 5.11 Å². The van der Waals surface area contributed by atoms with Gasteiger partial charge in [-0.25, -0.2) is 0 Å². The van der Waals surface area contributed by atoms with E-state index >= 15 is 0 Å². The van der Waals surface area contributed by atoms with Gasteiger partial charge in [0.1, 0.15) is 5.75 Å². The molecule has 0 bridgehead atoms. The fraction of sp³-hybridized carbons (Fsp3) is 0.250. The zero-order valence-corrected chi connectivity index (χ0v) is 10.6. The lowest BCUT2D eigenvalue weighted by molar-refractivity contribution is 0.475. The number of benzene rings is 2. The lowest BCUT2D eigenvalue weighted by atomic mass is 9.82. The van der Waals surface area contributed by atoms with Gasteiger partial charge < -0.3 is 5.11 Å². The molecule has 0 heterocycles. The van der Waals surface area contributed by atoms with Gasteiger partial charge in [0.2, 0.25) is 0 Å². The van der Waals surface area contributed by atoms with E-state index in [0.29, 0.717) is 5.75 Å². The summed E-state index contributed by atoms with van der Waals surface area (Å²) in [7, 11) is 0. The lowest BCUT2D eigenvalue weighted by Gasteiger charge is -2.23. The predicted octanol–water partition coefficient (Wildman–Crippen LogP) is 4.60. The van der Waals surface area contributed by atoms with Crippen LogP contribution in [0.4, 0.5) is 0 Å². The average molecular weight is 226 g/mol. The van der Waals surface area contributed by atoms with Crippen molar-refractivity contribution < 1.29 is 5.11 Å². The highest BCUT2D eigenvalue weighted by Gasteiger charge is 2.19. The topological polar surface area (TPSA) is 20.2 Å². The minimum atomic E-state index is -0.0417. The van der Waals surface area contributed by atoms with Crippen LogP contribution in [0.5, 0.6) is 5.75 Å². The van der Waals surface area contributed by atoms with Crippen LogP contribution in [0.3, 0.4) is 0 Å². The molecule has 1 N–H and O–H groups in total. The first-order valence-corrected chi connectivity index (χ1v) is 5.82. The van der Waals surface area contributed by atoms with Crippen molar-refractivity contribution in [1.82, 2.24) is 0 Å². The van der Waals surface area contributed by atoms with Crippen LogP contribution < -0.4 is 0 Å². The Kier molecular flexibility index (Phi) is 2.70. The highest BCUT2D eigenvalue weighted by atomic mass is 16.3. The first-order chi connectivity index (χ1) is 7.91. The molecule has 0 fully saturated rings. The van der Waals surface area contributed by atoms with Crippen LogP contribution in [0, 0.1) is 5.41 Å². The molecule has 0 radical (unpaired) electrons. The summed E-state index contributed by atoms with van der Waals surface area (Å²) in [5.41, 5.74) is 1.76. The molecular formula is C16H18O. The predicted molar refractivity (Wildman–Crippen MR) is 74.1 cm³/mol. The van der Waals surface area contributed by atoms with Gasteiger partial charge in [0.15, 0.2) is 0 Å². The van der Waals surface area contributed by atoms with E-state index in [0.717, 1.165) is 21.9 Å². The van der Waals surface area contributed by atoms with Gasteiger partial charge >= 0.3 is 0 Å². The third kappa shape index (κ3) is 2.05. The normalized spacial score (nSPS) is 11.7. The molecule has 0 spiro atoms. The molecule has 0 aliphatic carbocycles. The van der Waals surface area contributed by atoms with Gasteiger partial charge in [-0.2, -0.15) is 0 Å². The van der Waals surface area contributed by atoms with Gasteiger partial charge in [-0.3, -0.25) is 0 Å². The minimum absolute atomic E-state index is 0.0417. The van der Waals surface area contributed by atoms with Crippen molar-refractivity contribution in [2.24, 2.45) is 5.41 Å². The molecule has 1 heteroatoms. The molecule has 1 nitrogen and oxygen atoms in total. The van der Waals surface area contributed by atoms with Gasteiger partial charge in [-0.05, 0) is 16.4 Å². The van der Waals surface area contributed by atoms with Crippen molar-refractivity contribution >= 4 is 16.3 Å². The van der Waals surface area contributed by atoms with Crippen LogP contribution in [0.1, 0.15) is 26.3 Å². The molecule has 0 aromatic heterocycles. The maximum Gasteiger partial charge on any atom is 0.130 e. The van der Waals surface area contributed by atoms with Crippen molar-refractivity contribution in [2.45, 2.75) is 20.8 Å². The minimum Gasteiger partial charge on any atom is -0.507 e. The summed E-state index contributed by atoms with van der Waals surface area (Å²) in [6.45, 7) is 10.4. The SMILES string of the molecule is C=C(c1ccc2ccccc2c1O)C(C)(C)C. The maximum absolute atomic E-state index is 10.3. The molecule has 0 aliphatic rings. The van der Waals surface area contributed by atoms with Crippen LogP contribution in [-0.2, 0) is 0 Å². The fourth-order valence-corrected chi connectivity index (χ4v) is 1.90. The first kappa shape index (κ1) is 11.7. The Labute approximate surface area is 102 Å². The Morgan fingerprint density at radius 2 is 1.71 bits per heavy atom. The summed E-state index contributed by atoms with van der Waals surface area (Å²) in [6, 6.07) is 11.8. The third-order valence-electron chi connectivity index (χ3n) is 3.13. The fourth-order valence-electron chi connectivity index (χ4n) is 1.90. The van der Waals surface area contributed by atoms with Crippen molar-refractivity contribution in [1.29, 1.82) is 0 Å². The molecule has 2 aromatic carbocycles. The van der Waals surface area contributed by atoms with Gasteiger partial charge in [0.05, 0.1) is 0 Å². The van der Waals surface area contributed by atoms with Crippen LogP contribution in [0.25, 0.3) is 16.3 Å². The Hall–Kier alpha value is -1.76. The molecule has 0 saturated heterocycles. The van der Waals surface area contributed by atoms with E-state index in [9.17, 15) is 5.11 Å². The third-order valence-corrected chi connectivity index (χ3v) is 3.13. The summed E-state index contributed by atoms with van der Waals surface area (Å²) in [5, 5.41) is 12.3. The standard InChI is InChI=1S/C16H18O/c1-11(16(2,3)4)13-10-9-12-7-5-6-8-14(12)15(13)17/h5-10,17H,1H2,2-4H3. The molecule has 2 rings (SSSR count). The summed E-state index contributed by atoms with van der Waals surface area (Å²) in [4.78, 5) is 0. The molecule has 88 valence electrons. The smallest absolute Gasteiger partial charge is 0.130 e. The van der Waals surface area contributed by atoms with E-state index in [1.165, 1.54) is 0 Å². The number of hydrogen-bond acceptors (Lipinski definition) is 1. The molecular weight excluding hydrogens is 208 g/mol. The number of rotatable bonds is 1. The molecule has 2 aromatic rings. The summed E-state index contributed by atoms with van der Waals surface area (Å²) >= 11 is 0. The first-order valence-electron chi connectivity index (χ1n) is 5.82. The maximum atomic E-state index is 10.3. The van der Waals surface area contributed by atoms with Crippen molar-refractivity contribution in [2.75, 3.05) is 0 Å². The van der Waals surface area contributed by atoms with Crippen molar-refractivity contribution in [3.05, 3.63) is 48.5 Å². The number of fused-ring (bicyclic) bond motifs is 1. The molecule has 17 heavy (non-hydrogen) atoms. The largest absolute Gasteiger partial charge is 0.507 e. The van der Waals surface area contributed by atoms with E-state index in [4.69, 9.17) is 0 Å². The monoisotopic (exact) mass is 226 g/mol. The molecule has 0 atom stereocenters. The zero-order chi connectivity index (χ0) is 12.6. The highest BCUT2D eigenvalue weighted by Crippen LogP contribution is 2.39. The number of allylic oxidation sites excluding steroid dienone is 1. The summed E-state index contributed by atoms with van der Waals surface area (Å²) in [6.07, 6.45) is 0. The van der Waals surface area contributed by atoms with E-state index in [2.05, 4.69) is 27.4 Å². The van der Waals surface area contributed by atoms with Crippen LogP contribution in [0.2, 0.25) is 0 Å². The molecule has 0 aliphatic heterocycles. The highest BCUT2D eigenvalue weighted by molar-refractivity contribution is 5.93. The molecule has 0 unspecified atom stereocenters. The van der Waals surface area contributed by atoms with Gasteiger partial charge in [0, 0.05) is 10.9 Å². The Morgan fingerprint density at radius 3 is 2.35 bits per heavy atom. The Balaban J connectivity index is 2.65. The van der Waals surface area contributed by atoms with Crippen LogP contribution in [0.15, 0.2) is 43.0 Å². The van der Waals surface area contributed by atoms with E-state index in [1.54, 1.807) is 0 Å². The average Bonchev–Trinajstić information content (AvgIpc) is 2.28. The Morgan fingerprint density at radius 1 is 1.06 bits per heavy atom. The van der Waals surface area contributed by atoms with E-state index in [1.807, 2.05) is 36.4 Å².